The average molecular weight is 393 g/mol. The first-order valence-electron chi connectivity index (χ1n) is 9.98. The Morgan fingerprint density at radius 1 is 1.07 bits per heavy atom. The Bertz CT molecular complexity index is 930. The Balaban J connectivity index is 2.12. The van der Waals surface area contributed by atoms with Crippen molar-refractivity contribution in [2.24, 2.45) is 0 Å². The van der Waals surface area contributed by atoms with Crippen LogP contribution in [0.4, 0.5) is 0 Å². The predicted octanol–water partition coefficient (Wildman–Crippen LogP) is 4.62. The molecule has 5 nitrogen and oxygen atoms in total. The number of methoxy groups -OCH3 is 1. The maximum Gasteiger partial charge on any atom is 0.295 e. The number of rotatable bonds is 7. The highest BCUT2D eigenvalue weighted by atomic mass is 16.5. The molecule has 29 heavy (non-hydrogen) atoms. The highest BCUT2D eigenvalue weighted by Gasteiger charge is 2.46. The number of carbonyl (C=O) groups excluding carboxylic acids is 2. The Morgan fingerprint density at radius 2 is 1.76 bits per heavy atom. The minimum atomic E-state index is -0.636. The Kier molecular flexibility index (Phi) is 6.37. The van der Waals surface area contributed by atoms with Gasteiger partial charge in [-0.3, -0.25) is 9.59 Å². The van der Waals surface area contributed by atoms with Crippen LogP contribution in [0, 0.1) is 6.92 Å². The second-order valence-corrected chi connectivity index (χ2v) is 7.28. The van der Waals surface area contributed by atoms with Crippen molar-refractivity contribution in [2.45, 2.75) is 39.2 Å². The van der Waals surface area contributed by atoms with Gasteiger partial charge >= 0.3 is 0 Å². The van der Waals surface area contributed by atoms with Crippen LogP contribution < -0.4 is 4.74 Å². The number of hydrogen-bond acceptors (Lipinski definition) is 4. The van der Waals surface area contributed by atoms with Gasteiger partial charge in [0, 0.05) is 12.1 Å². The lowest BCUT2D eigenvalue weighted by atomic mass is 9.92. The van der Waals surface area contributed by atoms with Gasteiger partial charge in [-0.2, -0.15) is 0 Å². The van der Waals surface area contributed by atoms with Crippen molar-refractivity contribution in [1.29, 1.82) is 0 Å². The molecular formula is C24H27NO4. The van der Waals surface area contributed by atoms with Crippen LogP contribution in [0.3, 0.4) is 0 Å². The number of nitrogens with zero attached hydrogens (tertiary/aromatic N) is 1. The number of hydrogen-bond donors (Lipinski definition) is 1. The molecular weight excluding hydrogens is 366 g/mol. The number of ether oxygens (including phenoxy) is 1. The normalized spacial score (nSPS) is 18.3. The molecule has 0 saturated carbocycles. The molecule has 0 spiro atoms. The van der Waals surface area contributed by atoms with Gasteiger partial charge in [0.15, 0.2) is 0 Å². The summed E-state index contributed by atoms with van der Waals surface area (Å²) in [5, 5.41) is 11.0. The van der Waals surface area contributed by atoms with Crippen molar-refractivity contribution < 1.29 is 19.4 Å². The van der Waals surface area contributed by atoms with Crippen molar-refractivity contribution in [3.63, 3.8) is 0 Å². The van der Waals surface area contributed by atoms with Crippen LogP contribution in [-0.2, 0) is 9.59 Å². The molecule has 1 fully saturated rings. The topological polar surface area (TPSA) is 66.8 Å². The number of ketones is 1. The maximum atomic E-state index is 12.9. The first-order chi connectivity index (χ1) is 14.0. The molecule has 1 aliphatic rings. The van der Waals surface area contributed by atoms with Gasteiger partial charge in [-0.05, 0) is 48.7 Å². The molecule has 1 atom stereocenters. The summed E-state index contributed by atoms with van der Waals surface area (Å²) >= 11 is 0. The number of Topliss-reactive ketones (excluding diaryl/α,β-unsaturated/α-hetero) is 1. The molecule has 1 aliphatic heterocycles. The molecule has 2 aromatic carbocycles. The van der Waals surface area contributed by atoms with Crippen LogP contribution in [0.1, 0.15) is 48.9 Å². The predicted molar refractivity (Wildman–Crippen MR) is 113 cm³/mol. The number of unbranched alkanes of at least 4 members (excludes halogenated alkanes) is 2. The van der Waals surface area contributed by atoms with E-state index in [2.05, 4.69) is 6.92 Å². The molecule has 1 saturated heterocycles. The van der Waals surface area contributed by atoms with E-state index >= 15 is 0 Å². The molecule has 2 aromatic rings. The molecule has 0 aliphatic carbocycles. The number of aryl methyl sites for hydroxylation is 1. The van der Waals surface area contributed by atoms with Crippen LogP contribution in [-0.4, -0.2) is 35.4 Å². The highest BCUT2D eigenvalue weighted by molar-refractivity contribution is 6.46. The molecule has 3 rings (SSSR count). The van der Waals surface area contributed by atoms with Crippen LogP contribution >= 0.6 is 0 Å². The van der Waals surface area contributed by atoms with Gasteiger partial charge in [0.2, 0.25) is 0 Å². The number of carbonyl (C=O) groups is 2. The molecule has 0 aromatic heterocycles. The lowest BCUT2D eigenvalue weighted by Crippen LogP contribution is -2.31. The summed E-state index contributed by atoms with van der Waals surface area (Å²) < 4.78 is 5.16. The number of aliphatic hydroxyl groups excluding tert-OH is 1. The SMILES string of the molecule is CCCCCN1C(=O)C(=O)/C(=C(\O)c2ccc(OC)cc2)C1c1ccccc1C. The van der Waals surface area contributed by atoms with Crippen molar-refractivity contribution in [1.82, 2.24) is 4.90 Å². The average Bonchev–Trinajstić information content (AvgIpc) is 2.98. The van der Waals surface area contributed by atoms with Crippen molar-refractivity contribution in [3.8, 4) is 5.75 Å². The largest absolute Gasteiger partial charge is 0.507 e. The van der Waals surface area contributed by atoms with E-state index in [1.165, 1.54) is 0 Å². The zero-order valence-electron chi connectivity index (χ0n) is 17.1. The molecule has 1 amide bonds. The fourth-order valence-electron chi connectivity index (χ4n) is 3.76. The summed E-state index contributed by atoms with van der Waals surface area (Å²) in [7, 11) is 1.56. The van der Waals surface area contributed by atoms with E-state index in [1.54, 1.807) is 36.3 Å². The van der Waals surface area contributed by atoms with E-state index < -0.39 is 17.7 Å². The molecule has 0 bridgehead atoms. The van der Waals surface area contributed by atoms with Crippen LogP contribution in [0.15, 0.2) is 54.1 Å². The molecule has 1 N–H and O–H groups in total. The number of aliphatic hydroxyl groups is 1. The maximum absolute atomic E-state index is 12.9. The minimum Gasteiger partial charge on any atom is -0.507 e. The van der Waals surface area contributed by atoms with Crippen molar-refractivity contribution >= 4 is 17.4 Å². The number of likely N-dealkylation sites (tertiary alicyclic amines) is 1. The molecule has 1 heterocycles. The summed E-state index contributed by atoms with van der Waals surface area (Å²) in [6.45, 7) is 4.53. The van der Waals surface area contributed by atoms with E-state index in [0.717, 1.165) is 30.4 Å². The van der Waals surface area contributed by atoms with Crippen LogP contribution in [0.25, 0.3) is 5.76 Å². The van der Waals surface area contributed by atoms with E-state index in [-0.39, 0.29) is 11.3 Å². The number of benzene rings is 2. The van der Waals surface area contributed by atoms with Gasteiger partial charge in [0.1, 0.15) is 11.5 Å². The lowest BCUT2D eigenvalue weighted by Gasteiger charge is -2.26. The molecule has 152 valence electrons. The minimum absolute atomic E-state index is 0.144. The third kappa shape index (κ3) is 4.04. The molecule has 5 heteroatoms. The fourth-order valence-corrected chi connectivity index (χ4v) is 3.76. The summed E-state index contributed by atoms with van der Waals surface area (Å²) in [5.74, 6) is -0.693. The van der Waals surface area contributed by atoms with Crippen LogP contribution in [0.5, 0.6) is 5.75 Å². The first kappa shape index (κ1) is 20.6. The van der Waals surface area contributed by atoms with E-state index in [4.69, 9.17) is 4.74 Å². The fraction of sp³-hybridized carbons (Fsp3) is 0.333. The lowest BCUT2D eigenvalue weighted by molar-refractivity contribution is -0.139. The zero-order chi connectivity index (χ0) is 21.0. The first-order valence-corrected chi connectivity index (χ1v) is 9.98. The van der Waals surface area contributed by atoms with Gasteiger partial charge < -0.3 is 14.7 Å². The molecule has 0 radical (unpaired) electrons. The van der Waals surface area contributed by atoms with E-state index in [9.17, 15) is 14.7 Å². The molecule has 1 unspecified atom stereocenters. The summed E-state index contributed by atoms with van der Waals surface area (Å²) in [6.07, 6.45) is 2.81. The van der Waals surface area contributed by atoms with Crippen molar-refractivity contribution in [2.75, 3.05) is 13.7 Å². The Morgan fingerprint density at radius 3 is 2.38 bits per heavy atom. The Labute approximate surface area is 171 Å². The van der Waals surface area contributed by atoms with E-state index in [1.807, 2.05) is 31.2 Å². The van der Waals surface area contributed by atoms with Gasteiger partial charge in [0.25, 0.3) is 11.7 Å². The standard InChI is InChI=1S/C24H27NO4/c1-4-5-8-15-25-21(19-10-7-6-9-16(19)2)20(23(27)24(25)28)22(26)17-11-13-18(29-3)14-12-17/h6-7,9-14,21,26H,4-5,8,15H2,1-3H3/b22-20-. The number of amides is 1. The van der Waals surface area contributed by atoms with Crippen LogP contribution in [0.2, 0.25) is 0 Å². The second kappa shape index (κ2) is 8.95. The van der Waals surface area contributed by atoms with Crippen molar-refractivity contribution in [3.05, 3.63) is 70.8 Å². The highest BCUT2D eigenvalue weighted by Crippen LogP contribution is 2.40. The second-order valence-electron chi connectivity index (χ2n) is 7.28. The van der Waals surface area contributed by atoms with Gasteiger partial charge in [-0.25, -0.2) is 0 Å². The van der Waals surface area contributed by atoms with Gasteiger partial charge in [-0.15, -0.1) is 0 Å². The third-order valence-corrected chi connectivity index (χ3v) is 5.39. The summed E-state index contributed by atoms with van der Waals surface area (Å²) in [5.41, 5.74) is 2.46. The smallest absolute Gasteiger partial charge is 0.295 e. The summed E-state index contributed by atoms with van der Waals surface area (Å²) in [6, 6.07) is 13.9. The zero-order valence-corrected chi connectivity index (χ0v) is 17.1. The monoisotopic (exact) mass is 393 g/mol. The van der Waals surface area contributed by atoms with Gasteiger partial charge in [0.05, 0.1) is 18.7 Å². The quantitative estimate of drug-likeness (QED) is 0.323. The Hall–Kier alpha value is -3.08. The summed E-state index contributed by atoms with van der Waals surface area (Å²) in [4.78, 5) is 27.4. The van der Waals surface area contributed by atoms with Gasteiger partial charge in [-0.1, -0.05) is 44.0 Å². The van der Waals surface area contributed by atoms with E-state index in [0.29, 0.717) is 17.9 Å². The third-order valence-electron chi connectivity index (χ3n) is 5.39.